The second-order valence-corrected chi connectivity index (χ2v) is 5.89. The molecule has 0 saturated carbocycles. The van der Waals surface area contributed by atoms with Crippen LogP contribution in [-0.2, 0) is 9.53 Å². The normalized spacial score (nSPS) is 10.1. The molecule has 0 aliphatic rings. The molecule has 0 heterocycles. The van der Waals surface area contributed by atoms with Crippen LogP contribution in [0.1, 0.15) is 15.9 Å². The van der Waals surface area contributed by atoms with Crippen molar-refractivity contribution in [2.75, 3.05) is 20.3 Å². The summed E-state index contributed by atoms with van der Waals surface area (Å²) in [7, 11) is 1.54. The zero-order valence-corrected chi connectivity index (χ0v) is 15.0. The Balaban J connectivity index is 1.81. The van der Waals surface area contributed by atoms with Crippen LogP contribution < -0.4 is 9.47 Å². The van der Waals surface area contributed by atoms with E-state index in [0.29, 0.717) is 21.5 Å². The maximum Gasteiger partial charge on any atom is 0.344 e. The number of Topliss-reactive ketones (excluding diaryl/α,β-unsaturated/α-hetero) is 1. The van der Waals surface area contributed by atoms with E-state index < -0.39 is 5.97 Å². The fourth-order valence-corrected chi connectivity index (χ4v) is 2.43. The van der Waals surface area contributed by atoms with Gasteiger partial charge in [-0.15, -0.1) is 0 Å². The smallest absolute Gasteiger partial charge is 0.344 e. The highest BCUT2D eigenvalue weighted by Gasteiger charge is 2.12. The summed E-state index contributed by atoms with van der Waals surface area (Å²) >= 11 is 3.31. The molecular formula is C18H17BrO5. The summed E-state index contributed by atoms with van der Waals surface area (Å²) in [4.78, 5) is 23.7. The molecule has 0 amide bonds. The molecular weight excluding hydrogens is 376 g/mol. The molecule has 0 unspecified atom stereocenters. The van der Waals surface area contributed by atoms with Gasteiger partial charge in [-0.2, -0.15) is 0 Å². The van der Waals surface area contributed by atoms with Crippen molar-refractivity contribution in [2.24, 2.45) is 0 Å². The van der Waals surface area contributed by atoms with Crippen molar-refractivity contribution >= 4 is 27.7 Å². The molecule has 0 bridgehead atoms. The molecule has 2 aromatic rings. The van der Waals surface area contributed by atoms with E-state index in [4.69, 9.17) is 14.2 Å². The summed E-state index contributed by atoms with van der Waals surface area (Å²) in [5.41, 5.74) is 1.52. The molecule has 0 atom stereocenters. The van der Waals surface area contributed by atoms with Crippen LogP contribution in [0.5, 0.6) is 11.5 Å². The minimum Gasteiger partial charge on any atom is -0.496 e. The third-order valence-corrected chi connectivity index (χ3v) is 3.84. The molecule has 126 valence electrons. The van der Waals surface area contributed by atoms with E-state index in [2.05, 4.69) is 15.9 Å². The number of ketones is 1. The first-order valence-electron chi connectivity index (χ1n) is 7.21. The maximum atomic E-state index is 12.0. The van der Waals surface area contributed by atoms with Gasteiger partial charge in [-0.25, -0.2) is 4.79 Å². The third-order valence-electron chi connectivity index (χ3n) is 3.22. The van der Waals surface area contributed by atoms with Gasteiger partial charge in [-0.3, -0.25) is 4.79 Å². The minimum absolute atomic E-state index is 0.247. The average molecular weight is 393 g/mol. The number of benzene rings is 2. The van der Waals surface area contributed by atoms with Gasteiger partial charge in [-0.1, -0.05) is 17.7 Å². The molecule has 0 aromatic heterocycles. The summed E-state index contributed by atoms with van der Waals surface area (Å²) in [6.07, 6.45) is 0. The Kier molecular flexibility index (Phi) is 6.37. The van der Waals surface area contributed by atoms with Gasteiger partial charge in [0.1, 0.15) is 11.5 Å². The van der Waals surface area contributed by atoms with Crippen molar-refractivity contribution in [1.82, 2.24) is 0 Å². The molecule has 0 spiro atoms. The van der Waals surface area contributed by atoms with Gasteiger partial charge in [0.15, 0.2) is 19.0 Å². The number of carbonyl (C=O) groups excluding carboxylic acids is 2. The highest BCUT2D eigenvalue weighted by Crippen LogP contribution is 2.25. The first kappa shape index (κ1) is 18.0. The predicted molar refractivity (Wildman–Crippen MR) is 92.7 cm³/mol. The van der Waals surface area contributed by atoms with Crippen molar-refractivity contribution in [3.8, 4) is 11.5 Å². The SMILES string of the molecule is COc1ccc(C(=O)COC(=O)COc2ccc(C)cc2)cc1Br. The number of carbonyl (C=O) groups is 2. The lowest BCUT2D eigenvalue weighted by atomic mass is 10.1. The fraction of sp³-hybridized carbons (Fsp3) is 0.222. The number of hydrogen-bond donors (Lipinski definition) is 0. The van der Waals surface area contributed by atoms with Gasteiger partial charge < -0.3 is 14.2 Å². The van der Waals surface area contributed by atoms with Crippen molar-refractivity contribution in [3.05, 3.63) is 58.1 Å². The number of methoxy groups -OCH3 is 1. The molecule has 2 rings (SSSR count). The Morgan fingerprint density at radius 1 is 1.04 bits per heavy atom. The number of halogens is 1. The Morgan fingerprint density at radius 2 is 1.75 bits per heavy atom. The summed E-state index contributed by atoms with van der Waals surface area (Å²) in [5, 5.41) is 0. The number of hydrogen-bond acceptors (Lipinski definition) is 5. The van der Waals surface area contributed by atoms with E-state index in [0.717, 1.165) is 5.56 Å². The zero-order chi connectivity index (χ0) is 17.5. The van der Waals surface area contributed by atoms with Crippen molar-refractivity contribution in [1.29, 1.82) is 0 Å². The third kappa shape index (κ3) is 5.09. The fourth-order valence-electron chi connectivity index (χ4n) is 1.89. The minimum atomic E-state index is -0.600. The van der Waals surface area contributed by atoms with Gasteiger partial charge in [0.2, 0.25) is 0 Å². The van der Waals surface area contributed by atoms with Gasteiger partial charge in [-0.05, 0) is 53.2 Å². The average Bonchev–Trinajstić information content (AvgIpc) is 2.59. The molecule has 0 aliphatic carbocycles. The highest BCUT2D eigenvalue weighted by molar-refractivity contribution is 9.10. The van der Waals surface area contributed by atoms with Gasteiger partial charge in [0.25, 0.3) is 0 Å². The number of rotatable bonds is 7. The van der Waals surface area contributed by atoms with E-state index in [-0.39, 0.29) is 19.0 Å². The molecule has 0 saturated heterocycles. The summed E-state index contributed by atoms with van der Waals surface area (Å²) in [6.45, 7) is 1.37. The Labute approximate surface area is 148 Å². The number of aryl methyl sites for hydroxylation is 1. The highest BCUT2D eigenvalue weighted by atomic mass is 79.9. The van der Waals surface area contributed by atoms with Crippen LogP contribution in [0.25, 0.3) is 0 Å². The second kappa shape index (κ2) is 8.49. The molecule has 2 aromatic carbocycles. The molecule has 0 N–H and O–H groups in total. The Hall–Kier alpha value is -2.34. The van der Waals surface area contributed by atoms with Crippen LogP contribution >= 0.6 is 15.9 Å². The quantitative estimate of drug-likeness (QED) is 0.532. The first-order chi connectivity index (χ1) is 11.5. The van der Waals surface area contributed by atoms with E-state index in [9.17, 15) is 9.59 Å². The van der Waals surface area contributed by atoms with Crippen LogP contribution in [0.2, 0.25) is 0 Å². The molecule has 0 radical (unpaired) electrons. The number of esters is 1. The van der Waals surface area contributed by atoms with E-state index >= 15 is 0 Å². The lowest BCUT2D eigenvalue weighted by molar-refractivity contribution is -0.144. The summed E-state index contributed by atoms with van der Waals surface area (Å²) < 4.78 is 16.0. The van der Waals surface area contributed by atoms with Crippen LogP contribution in [0.15, 0.2) is 46.9 Å². The lowest BCUT2D eigenvalue weighted by Gasteiger charge is -2.08. The van der Waals surface area contributed by atoms with Crippen molar-refractivity contribution < 1.29 is 23.8 Å². The van der Waals surface area contributed by atoms with Gasteiger partial charge >= 0.3 is 5.97 Å². The van der Waals surface area contributed by atoms with Crippen LogP contribution in [-0.4, -0.2) is 32.1 Å². The molecule has 0 aliphatic heterocycles. The van der Waals surface area contributed by atoms with Crippen LogP contribution in [0.3, 0.4) is 0 Å². The molecule has 5 nitrogen and oxygen atoms in total. The van der Waals surface area contributed by atoms with Gasteiger partial charge in [0, 0.05) is 5.56 Å². The largest absolute Gasteiger partial charge is 0.496 e. The molecule has 0 fully saturated rings. The topological polar surface area (TPSA) is 61.8 Å². The van der Waals surface area contributed by atoms with Gasteiger partial charge in [0.05, 0.1) is 11.6 Å². The van der Waals surface area contributed by atoms with E-state index in [1.807, 2.05) is 19.1 Å². The lowest BCUT2D eigenvalue weighted by Crippen LogP contribution is -2.19. The first-order valence-corrected chi connectivity index (χ1v) is 8.00. The monoisotopic (exact) mass is 392 g/mol. The summed E-state index contributed by atoms with van der Waals surface area (Å²) in [5.74, 6) is 0.288. The predicted octanol–water partition coefficient (Wildman–Crippen LogP) is 3.57. The standard InChI is InChI=1S/C18H17BrO5/c1-12-3-6-14(7-4-12)23-11-18(21)24-10-16(20)13-5-8-17(22-2)15(19)9-13/h3-9H,10-11H2,1-2H3. The molecule has 24 heavy (non-hydrogen) atoms. The van der Waals surface area contributed by atoms with E-state index in [1.165, 1.54) is 7.11 Å². The zero-order valence-electron chi connectivity index (χ0n) is 13.4. The second-order valence-electron chi connectivity index (χ2n) is 5.03. The van der Waals surface area contributed by atoms with Crippen LogP contribution in [0, 0.1) is 6.92 Å². The van der Waals surface area contributed by atoms with Crippen molar-refractivity contribution in [3.63, 3.8) is 0 Å². The maximum absolute atomic E-state index is 12.0. The summed E-state index contributed by atoms with van der Waals surface area (Å²) in [6, 6.07) is 12.2. The van der Waals surface area contributed by atoms with E-state index in [1.54, 1.807) is 30.3 Å². The number of ether oxygens (including phenoxy) is 3. The Morgan fingerprint density at radius 3 is 2.38 bits per heavy atom. The van der Waals surface area contributed by atoms with Crippen LogP contribution in [0.4, 0.5) is 0 Å². The molecule has 6 heteroatoms. The van der Waals surface area contributed by atoms with Crippen molar-refractivity contribution in [2.45, 2.75) is 6.92 Å². The Bertz CT molecular complexity index is 725.